The van der Waals surface area contributed by atoms with Gasteiger partial charge in [0.05, 0.1) is 26.2 Å². The van der Waals surface area contributed by atoms with Gasteiger partial charge in [-0.1, -0.05) is 42.5 Å². The van der Waals surface area contributed by atoms with Crippen molar-refractivity contribution < 1.29 is 19.1 Å². The minimum absolute atomic E-state index is 0.00835. The molecular weight excluding hydrogens is 416 g/mol. The number of nitrogens with zero attached hydrogens (tertiary/aromatic N) is 1. The Morgan fingerprint density at radius 1 is 1.00 bits per heavy atom. The highest BCUT2D eigenvalue weighted by molar-refractivity contribution is 6.01. The highest BCUT2D eigenvalue weighted by Gasteiger charge is 2.46. The number of benzene rings is 3. The average Bonchev–Trinajstić information content (AvgIpc) is 2.87. The van der Waals surface area contributed by atoms with Gasteiger partial charge in [0.1, 0.15) is 11.5 Å². The van der Waals surface area contributed by atoms with Gasteiger partial charge in [-0.3, -0.25) is 9.59 Å². The highest BCUT2D eigenvalue weighted by atomic mass is 16.5. The van der Waals surface area contributed by atoms with Gasteiger partial charge in [-0.2, -0.15) is 0 Å². The first-order chi connectivity index (χ1) is 16.1. The lowest BCUT2D eigenvalue weighted by Crippen LogP contribution is -2.50. The number of hydrogen-bond donors (Lipinski definition) is 1. The Kier molecular flexibility index (Phi) is 5.50. The minimum Gasteiger partial charge on any atom is -0.497 e. The number of carbonyl (C=O) groups excluding carboxylic acids is 2. The fraction of sp³-hybridized carbons (Fsp3) is 0.259. The summed E-state index contributed by atoms with van der Waals surface area (Å²) in [7, 11) is 3.20. The maximum absolute atomic E-state index is 13.7. The van der Waals surface area contributed by atoms with Crippen LogP contribution >= 0.6 is 0 Å². The van der Waals surface area contributed by atoms with Gasteiger partial charge in [-0.25, -0.2) is 0 Å². The van der Waals surface area contributed by atoms with Crippen LogP contribution in [0.25, 0.3) is 0 Å². The molecule has 0 radical (unpaired) electrons. The van der Waals surface area contributed by atoms with Gasteiger partial charge in [-0.05, 0) is 41.3 Å². The number of rotatable bonds is 5. The normalized spacial score (nSPS) is 18.6. The van der Waals surface area contributed by atoms with Crippen LogP contribution in [0.5, 0.6) is 11.5 Å². The van der Waals surface area contributed by atoms with E-state index in [9.17, 15) is 9.59 Å². The van der Waals surface area contributed by atoms with E-state index in [0.717, 1.165) is 23.1 Å². The smallest absolute Gasteiger partial charge is 0.254 e. The average molecular weight is 443 g/mol. The molecule has 2 aliphatic rings. The second kappa shape index (κ2) is 8.62. The molecule has 0 bridgehead atoms. The molecule has 0 spiro atoms. The molecule has 1 N–H and O–H groups in total. The van der Waals surface area contributed by atoms with Gasteiger partial charge >= 0.3 is 0 Å². The lowest BCUT2D eigenvalue weighted by molar-refractivity contribution is -0.124. The monoisotopic (exact) mass is 442 g/mol. The predicted molar refractivity (Wildman–Crippen MR) is 124 cm³/mol. The Bertz CT molecular complexity index is 1220. The van der Waals surface area contributed by atoms with Crippen LogP contribution < -0.4 is 14.8 Å². The van der Waals surface area contributed by atoms with Crippen LogP contribution in [0.2, 0.25) is 0 Å². The molecule has 2 aliphatic heterocycles. The summed E-state index contributed by atoms with van der Waals surface area (Å²) < 4.78 is 10.8. The van der Waals surface area contributed by atoms with Gasteiger partial charge in [-0.15, -0.1) is 0 Å². The molecule has 0 fully saturated rings. The number of fused-ring (bicyclic) bond motifs is 4. The number of amides is 2. The third-order valence-electron chi connectivity index (χ3n) is 6.66. The molecule has 2 amide bonds. The molecule has 3 aromatic carbocycles. The molecule has 0 aromatic heterocycles. The third-order valence-corrected chi connectivity index (χ3v) is 6.66. The molecular formula is C27H26N2O4. The lowest BCUT2D eigenvalue weighted by atomic mass is 9.76. The molecule has 2 atom stereocenters. The van der Waals surface area contributed by atoms with E-state index in [-0.39, 0.29) is 17.9 Å². The topological polar surface area (TPSA) is 67.9 Å². The van der Waals surface area contributed by atoms with Gasteiger partial charge in [0.15, 0.2) is 0 Å². The summed E-state index contributed by atoms with van der Waals surface area (Å²) in [6, 6.07) is 20.8. The molecule has 0 aliphatic carbocycles. The van der Waals surface area contributed by atoms with E-state index in [1.807, 2.05) is 59.5 Å². The van der Waals surface area contributed by atoms with Crippen LogP contribution in [0, 0.1) is 0 Å². The molecule has 3 aromatic rings. The largest absolute Gasteiger partial charge is 0.497 e. The van der Waals surface area contributed by atoms with Crippen LogP contribution in [0.4, 0.5) is 0 Å². The van der Waals surface area contributed by atoms with E-state index < -0.39 is 5.92 Å². The number of methoxy groups -OCH3 is 2. The molecule has 6 nitrogen and oxygen atoms in total. The van der Waals surface area contributed by atoms with E-state index in [4.69, 9.17) is 9.47 Å². The van der Waals surface area contributed by atoms with E-state index in [1.54, 1.807) is 20.3 Å². The number of nitrogens with one attached hydrogen (secondary N) is 1. The maximum atomic E-state index is 13.7. The quantitative estimate of drug-likeness (QED) is 0.652. The van der Waals surface area contributed by atoms with Crippen molar-refractivity contribution in [3.63, 3.8) is 0 Å². The molecule has 0 unspecified atom stereocenters. The molecule has 2 heterocycles. The van der Waals surface area contributed by atoms with Crippen molar-refractivity contribution in [1.82, 2.24) is 10.2 Å². The SMILES string of the molecule is COc1ccc(CNC(=O)[C@@H]2c3ccccc3C(=O)N3CCc4ccccc4[C@@H]23)c(OC)c1. The van der Waals surface area contributed by atoms with Crippen LogP contribution in [-0.2, 0) is 17.8 Å². The van der Waals surface area contributed by atoms with E-state index in [0.29, 0.717) is 30.2 Å². The van der Waals surface area contributed by atoms with Crippen LogP contribution in [0.3, 0.4) is 0 Å². The van der Waals surface area contributed by atoms with E-state index in [1.165, 1.54) is 5.56 Å². The first-order valence-corrected chi connectivity index (χ1v) is 11.1. The van der Waals surface area contributed by atoms with Gasteiger partial charge in [0.2, 0.25) is 5.91 Å². The fourth-order valence-electron chi connectivity index (χ4n) is 5.05. The Morgan fingerprint density at radius 2 is 1.76 bits per heavy atom. The minimum atomic E-state index is -0.496. The molecule has 33 heavy (non-hydrogen) atoms. The van der Waals surface area contributed by atoms with Crippen molar-refractivity contribution in [3.05, 3.63) is 94.5 Å². The number of carbonyl (C=O) groups is 2. The maximum Gasteiger partial charge on any atom is 0.254 e. The van der Waals surface area contributed by atoms with Crippen molar-refractivity contribution in [2.45, 2.75) is 24.9 Å². The van der Waals surface area contributed by atoms with E-state index in [2.05, 4.69) is 11.4 Å². The second-order valence-corrected chi connectivity index (χ2v) is 8.35. The number of ether oxygens (including phenoxy) is 2. The molecule has 0 saturated heterocycles. The molecule has 6 heteroatoms. The van der Waals surface area contributed by atoms with Gasteiger partial charge in [0.25, 0.3) is 5.91 Å². The first-order valence-electron chi connectivity index (χ1n) is 11.1. The summed E-state index contributed by atoms with van der Waals surface area (Å²) in [6.45, 7) is 0.915. The number of hydrogen-bond acceptors (Lipinski definition) is 4. The summed E-state index contributed by atoms with van der Waals surface area (Å²) in [5.74, 6) is 0.727. The van der Waals surface area contributed by atoms with E-state index >= 15 is 0 Å². The van der Waals surface area contributed by atoms with Crippen molar-refractivity contribution in [2.75, 3.05) is 20.8 Å². The molecule has 168 valence electrons. The highest BCUT2D eigenvalue weighted by Crippen LogP contribution is 2.45. The fourth-order valence-corrected chi connectivity index (χ4v) is 5.05. The Balaban J connectivity index is 1.51. The van der Waals surface area contributed by atoms with Gasteiger partial charge < -0.3 is 19.7 Å². The summed E-state index contributed by atoms with van der Waals surface area (Å²) in [5, 5.41) is 3.10. The molecule has 0 saturated carbocycles. The summed E-state index contributed by atoms with van der Waals surface area (Å²) in [6.07, 6.45) is 0.790. The zero-order valence-corrected chi connectivity index (χ0v) is 18.7. The standard InChI is InChI=1S/C27H26N2O4/c1-32-19-12-11-18(23(15-19)33-2)16-28-26(30)24-21-9-5-6-10-22(21)27(31)29-14-13-17-7-3-4-8-20(17)25(24)29/h3-12,15,24-25H,13-14,16H2,1-2H3,(H,28,30)/t24-,25+/m1/s1. The van der Waals surface area contributed by atoms with Crippen molar-refractivity contribution in [3.8, 4) is 11.5 Å². The van der Waals surface area contributed by atoms with Crippen LogP contribution in [0.1, 0.15) is 44.6 Å². The zero-order valence-electron chi connectivity index (χ0n) is 18.7. The Morgan fingerprint density at radius 3 is 2.55 bits per heavy atom. The van der Waals surface area contributed by atoms with Crippen LogP contribution in [0.15, 0.2) is 66.7 Å². The van der Waals surface area contributed by atoms with Crippen molar-refractivity contribution >= 4 is 11.8 Å². The predicted octanol–water partition coefficient (Wildman–Crippen LogP) is 3.86. The van der Waals surface area contributed by atoms with Crippen molar-refractivity contribution in [1.29, 1.82) is 0 Å². The van der Waals surface area contributed by atoms with Crippen molar-refractivity contribution in [2.24, 2.45) is 0 Å². The summed E-state index contributed by atoms with van der Waals surface area (Å²) in [4.78, 5) is 28.9. The zero-order chi connectivity index (χ0) is 22.9. The summed E-state index contributed by atoms with van der Waals surface area (Å²) >= 11 is 0. The first kappa shape index (κ1) is 21.1. The van der Waals surface area contributed by atoms with Gasteiger partial charge in [0, 0.05) is 30.3 Å². The molecule has 5 rings (SSSR count). The summed E-state index contributed by atoms with van der Waals surface area (Å²) in [5.41, 5.74) is 4.48. The Labute approximate surface area is 193 Å². The lowest BCUT2D eigenvalue weighted by Gasteiger charge is -2.45. The third kappa shape index (κ3) is 3.61. The second-order valence-electron chi connectivity index (χ2n) is 8.35. The van der Waals surface area contributed by atoms with Crippen LogP contribution in [-0.4, -0.2) is 37.5 Å². The Hall–Kier alpha value is -3.80.